The van der Waals surface area contributed by atoms with Crippen LogP contribution in [0.5, 0.6) is 0 Å². The molecule has 4 aromatic rings. The van der Waals surface area contributed by atoms with Gasteiger partial charge in [-0.05, 0) is 37.3 Å². The van der Waals surface area contributed by atoms with Gasteiger partial charge in [-0.3, -0.25) is 14.4 Å². The van der Waals surface area contributed by atoms with Crippen molar-refractivity contribution >= 4 is 28.3 Å². The number of aryl methyl sites for hydroxylation is 2. The highest BCUT2D eigenvalue weighted by molar-refractivity contribution is 5.96. The molecule has 0 atom stereocenters. The molecule has 1 heterocycles. The number of hydrogen-bond acceptors (Lipinski definition) is 4. The number of carbonyl (C=O) groups is 2. The van der Waals surface area contributed by atoms with Crippen LogP contribution in [-0.4, -0.2) is 40.6 Å². The van der Waals surface area contributed by atoms with Gasteiger partial charge in [-0.2, -0.15) is 5.10 Å². The average Bonchev–Trinajstić information content (AvgIpc) is 2.84. The van der Waals surface area contributed by atoms with Crippen molar-refractivity contribution in [3.05, 3.63) is 94.3 Å². The van der Waals surface area contributed by atoms with E-state index in [2.05, 4.69) is 10.4 Å². The number of nitrogens with one attached hydrogen (secondary N) is 1. The summed E-state index contributed by atoms with van der Waals surface area (Å²) in [7, 11) is 3.37. The van der Waals surface area contributed by atoms with Crippen LogP contribution in [0.15, 0.2) is 77.6 Å². The van der Waals surface area contributed by atoms with E-state index in [1.807, 2.05) is 49.4 Å². The summed E-state index contributed by atoms with van der Waals surface area (Å²) in [5.74, 6) is -0.352. The molecule has 172 valence electrons. The van der Waals surface area contributed by atoms with Gasteiger partial charge in [0.15, 0.2) is 0 Å². The first-order valence-corrected chi connectivity index (χ1v) is 11.0. The van der Waals surface area contributed by atoms with E-state index in [0.29, 0.717) is 22.3 Å². The molecule has 0 bridgehead atoms. The van der Waals surface area contributed by atoms with Gasteiger partial charge in [0, 0.05) is 42.7 Å². The number of aromatic nitrogens is 2. The van der Waals surface area contributed by atoms with Crippen LogP contribution in [-0.2, 0) is 11.3 Å². The molecule has 7 heteroatoms. The number of amides is 2. The summed E-state index contributed by atoms with van der Waals surface area (Å²) in [6.45, 7) is 2.16. The van der Waals surface area contributed by atoms with Gasteiger partial charge in [0.2, 0.25) is 5.91 Å². The molecule has 0 aliphatic heterocycles. The Hall–Kier alpha value is -4.26. The summed E-state index contributed by atoms with van der Waals surface area (Å²) in [6.07, 6.45) is 0.0803. The number of rotatable bonds is 6. The molecule has 2 amide bonds. The molecule has 0 fully saturated rings. The molecule has 0 saturated carbocycles. The van der Waals surface area contributed by atoms with E-state index < -0.39 is 0 Å². The maximum atomic E-state index is 13.0. The highest BCUT2D eigenvalue weighted by Crippen LogP contribution is 2.25. The fourth-order valence-corrected chi connectivity index (χ4v) is 3.70. The van der Waals surface area contributed by atoms with Crippen LogP contribution in [0, 0.1) is 6.92 Å². The molecule has 0 aliphatic carbocycles. The van der Waals surface area contributed by atoms with E-state index in [9.17, 15) is 14.4 Å². The summed E-state index contributed by atoms with van der Waals surface area (Å²) in [6, 6.07) is 22.1. The predicted octanol–water partition coefficient (Wildman–Crippen LogP) is 4.10. The topological polar surface area (TPSA) is 84.3 Å². The third-order valence-corrected chi connectivity index (χ3v) is 5.57. The summed E-state index contributed by atoms with van der Waals surface area (Å²) in [5.41, 5.74) is 3.64. The maximum absolute atomic E-state index is 13.0. The lowest BCUT2D eigenvalue weighted by molar-refractivity contribution is -0.116. The van der Waals surface area contributed by atoms with Crippen LogP contribution >= 0.6 is 0 Å². The Morgan fingerprint density at radius 1 is 0.912 bits per heavy atom. The van der Waals surface area contributed by atoms with Crippen LogP contribution in [0.3, 0.4) is 0 Å². The Morgan fingerprint density at radius 3 is 2.21 bits per heavy atom. The summed E-state index contributed by atoms with van der Waals surface area (Å²) < 4.78 is 1.36. The van der Waals surface area contributed by atoms with Crippen molar-refractivity contribution < 1.29 is 9.59 Å². The largest absolute Gasteiger partial charge is 0.345 e. The zero-order valence-corrected chi connectivity index (χ0v) is 19.4. The molecular weight excluding hydrogens is 428 g/mol. The average molecular weight is 455 g/mol. The van der Waals surface area contributed by atoms with Crippen molar-refractivity contribution in [3.63, 3.8) is 0 Å². The molecule has 3 aromatic carbocycles. The summed E-state index contributed by atoms with van der Waals surface area (Å²) >= 11 is 0. The highest BCUT2D eigenvalue weighted by Gasteiger charge is 2.14. The van der Waals surface area contributed by atoms with Gasteiger partial charge in [-0.1, -0.05) is 48.0 Å². The molecule has 1 aromatic heterocycles. The zero-order valence-electron chi connectivity index (χ0n) is 19.4. The minimum absolute atomic E-state index is 0.0803. The van der Waals surface area contributed by atoms with Crippen molar-refractivity contribution in [2.24, 2.45) is 0 Å². The Morgan fingerprint density at radius 2 is 1.56 bits per heavy atom. The van der Waals surface area contributed by atoms with Crippen LogP contribution in [0.4, 0.5) is 5.69 Å². The standard InChI is InChI=1S/C27H26N4O3/c1-18-8-10-19(11-9-18)25-22-6-4-5-7-23(22)27(34)31(29-25)17-16-24(32)28-21-14-12-20(13-15-21)26(33)30(2)3/h4-15H,16-17H2,1-3H3,(H,28,32). The molecule has 1 N–H and O–H groups in total. The third-order valence-electron chi connectivity index (χ3n) is 5.57. The Balaban J connectivity index is 1.54. The van der Waals surface area contributed by atoms with E-state index >= 15 is 0 Å². The molecule has 4 rings (SSSR count). The number of fused-ring (bicyclic) bond motifs is 1. The monoisotopic (exact) mass is 454 g/mol. The maximum Gasteiger partial charge on any atom is 0.274 e. The first kappa shape index (κ1) is 22.9. The molecule has 34 heavy (non-hydrogen) atoms. The van der Waals surface area contributed by atoms with Gasteiger partial charge in [-0.15, -0.1) is 0 Å². The number of anilines is 1. The van der Waals surface area contributed by atoms with Crippen molar-refractivity contribution in [1.82, 2.24) is 14.7 Å². The second kappa shape index (κ2) is 9.70. The highest BCUT2D eigenvalue weighted by atomic mass is 16.2. The molecule has 0 saturated heterocycles. The van der Waals surface area contributed by atoms with Gasteiger partial charge in [0.1, 0.15) is 0 Å². The Bertz CT molecular complexity index is 1410. The molecule has 0 radical (unpaired) electrons. The predicted molar refractivity (Wildman–Crippen MR) is 134 cm³/mol. The minimum atomic E-state index is -0.245. The fourth-order valence-electron chi connectivity index (χ4n) is 3.70. The smallest absolute Gasteiger partial charge is 0.274 e. The van der Waals surface area contributed by atoms with Gasteiger partial charge in [-0.25, -0.2) is 4.68 Å². The van der Waals surface area contributed by atoms with Crippen molar-refractivity contribution in [2.45, 2.75) is 19.9 Å². The number of nitrogens with zero attached hydrogens (tertiary/aromatic N) is 3. The molecule has 0 aliphatic rings. The van der Waals surface area contributed by atoms with E-state index in [1.54, 1.807) is 44.4 Å². The lowest BCUT2D eigenvalue weighted by Crippen LogP contribution is -2.26. The first-order chi connectivity index (χ1) is 16.3. The number of carbonyl (C=O) groups excluding carboxylic acids is 2. The second-order valence-corrected chi connectivity index (χ2v) is 8.36. The lowest BCUT2D eigenvalue weighted by Gasteiger charge is -2.12. The van der Waals surface area contributed by atoms with Gasteiger partial charge >= 0.3 is 0 Å². The van der Waals surface area contributed by atoms with E-state index in [0.717, 1.165) is 16.5 Å². The SMILES string of the molecule is Cc1ccc(-c2nn(CCC(=O)Nc3ccc(C(=O)N(C)C)cc3)c(=O)c3ccccc23)cc1. The van der Waals surface area contributed by atoms with Crippen molar-refractivity contribution in [3.8, 4) is 11.3 Å². The van der Waals surface area contributed by atoms with Gasteiger partial charge < -0.3 is 10.2 Å². The molecular formula is C27H26N4O3. The van der Waals surface area contributed by atoms with Crippen molar-refractivity contribution in [2.75, 3.05) is 19.4 Å². The molecule has 0 unspecified atom stereocenters. The lowest BCUT2D eigenvalue weighted by atomic mass is 10.0. The quantitative estimate of drug-likeness (QED) is 0.475. The van der Waals surface area contributed by atoms with Crippen LogP contribution in [0.1, 0.15) is 22.3 Å². The fraction of sp³-hybridized carbons (Fsp3) is 0.185. The second-order valence-electron chi connectivity index (χ2n) is 8.36. The Labute approximate surface area is 197 Å². The van der Waals surface area contributed by atoms with Crippen molar-refractivity contribution in [1.29, 1.82) is 0 Å². The normalized spacial score (nSPS) is 10.8. The molecule has 0 spiro atoms. The van der Waals surface area contributed by atoms with E-state index in [1.165, 1.54) is 9.58 Å². The minimum Gasteiger partial charge on any atom is -0.345 e. The van der Waals surface area contributed by atoms with E-state index in [4.69, 9.17) is 0 Å². The van der Waals surface area contributed by atoms with Gasteiger partial charge in [0.05, 0.1) is 17.6 Å². The van der Waals surface area contributed by atoms with Crippen LogP contribution in [0.25, 0.3) is 22.0 Å². The number of hydrogen-bond donors (Lipinski definition) is 1. The van der Waals surface area contributed by atoms with Crippen LogP contribution < -0.4 is 10.9 Å². The van der Waals surface area contributed by atoms with Crippen LogP contribution in [0.2, 0.25) is 0 Å². The zero-order chi connectivity index (χ0) is 24.2. The summed E-state index contributed by atoms with van der Waals surface area (Å²) in [5, 5.41) is 8.76. The number of benzene rings is 3. The molecule has 7 nitrogen and oxygen atoms in total. The third kappa shape index (κ3) is 4.88. The first-order valence-electron chi connectivity index (χ1n) is 11.0. The Kier molecular flexibility index (Phi) is 6.54. The summed E-state index contributed by atoms with van der Waals surface area (Å²) in [4.78, 5) is 39.1. The van der Waals surface area contributed by atoms with Gasteiger partial charge in [0.25, 0.3) is 11.5 Å². The van der Waals surface area contributed by atoms with E-state index in [-0.39, 0.29) is 30.3 Å².